The summed E-state index contributed by atoms with van der Waals surface area (Å²) < 4.78 is 59.2. The number of carbonyl (C=O) groups excluding carboxylic acids is 1. The standard InChI is InChI=1S/C19H18F2N4O4S/c1-11-3-4-13(7-12(11)8-22)23-19(26)17-18-15(9-25(17)2)30(27,28)24-14(10-29-18)5-6-16(20)21/h3-4,6-7,9,14,24H,5,10H2,1-2H3,(H,23,26)/t14-/m0/s1. The van der Waals surface area contributed by atoms with Crippen molar-refractivity contribution in [3.05, 3.63) is 53.4 Å². The number of carbonyl (C=O) groups is 1. The van der Waals surface area contributed by atoms with Crippen LogP contribution in [-0.4, -0.2) is 31.5 Å². The lowest BCUT2D eigenvalue weighted by Crippen LogP contribution is -2.36. The van der Waals surface area contributed by atoms with Crippen molar-refractivity contribution in [1.29, 1.82) is 5.26 Å². The van der Waals surface area contributed by atoms with E-state index in [4.69, 9.17) is 10.00 Å². The number of fused-ring (bicyclic) bond motifs is 1. The lowest BCUT2D eigenvalue weighted by atomic mass is 10.1. The Labute approximate surface area is 171 Å². The molecule has 0 fully saturated rings. The maximum atomic E-state index is 12.9. The molecule has 1 amide bonds. The first-order chi connectivity index (χ1) is 14.1. The van der Waals surface area contributed by atoms with E-state index in [0.29, 0.717) is 17.3 Å². The molecule has 0 bridgehead atoms. The molecule has 11 heteroatoms. The minimum Gasteiger partial charge on any atom is -0.488 e. The topological polar surface area (TPSA) is 113 Å². The molecule has 3 rings (SSSR count). The molecule has 30 heavy (non-hydrogen) atoms. The fraction of sp³-hybridized carbons (Fsp3) is 0.263. The van der Waals surface area contributed by atoms with Crippen molar-refractivity contribution in [2.75, 3.05) is 11.9 Å². The van der Waals surface area contributed by atoms with E-state index in [-0.39, 0.29) is 29.4 Å². The Morgan fingerprint density at radius 2 is 2.20 bits per heavy atom. The summed E-state index contributed by atoms with van der Waals surface area (Å²) in [6.07, 6.45) is -0.368. The molecule has 0 saturated heterocycles. The Morgan fingerprint density at radius 1 is 1.47 bits per heavy atom. The number of nitriles is 1. The second-order valence-electron chi connectivity index (χ2n) is 6.74. The Kier molecular flexibility index (Phi) is 5.91. The van der Waals surface area contributed by atoms with Gasteiger partial charge in [-0.1, -0.05) is 6.07 Å². The molecule has 1 aliphatic heterocycles. The molecule has 2 aromatic rings. The summed E-state index contributed by atoms with van der Waals surface area (Å²) in [5, 5.41) is 11.8. The van der Waals surface area contributed by atoms with E-state index in [1.807, 2.05) is 6.07 Å². The van der Waals surface area contributed by atoms with Crippen molar-refractivity contribution in [1.82, 2.24) is 9.29 Å². The van der Waals surface area contributed by atoms with Crippen molar-refractivity contribution >= 4 is 21.6 Å². The minimum absolute atomic E-state index is 0.0534. The van der Waals surface area contributed by atoms with Gasteiger partial charge in [0.05, 0.1) is 17.7 Å². The maximum Gasteiger partial charge on any atom is 0.276 e. The molecule has 2 N–H and O–H groups in total. The number of rotatable bonds is 4. The number of hydrogen-bond acceptors (Lipinski definition) is 5. The first-order valence-electron chi connectivity index (χ1n) is 8.80. The third-order valence-electron chi connectivity index (χ3n) is 4.53. The molecule has 1 aromatic carbocycles. The summed E-state index contributed by atoms with van der Waals surface area (Å²) >= 11 is 0. The van der Waals surface area contributed by atoms with Gasteiger partial charge in [0, 0.05) is 18.9 Å². The van der Waals surface area contributed by atoms with Crippen LogP contribution in [-0.2, 0) is 17.1 Å². The second-order valence-corrected chi connectivity index (χ2v) is 8.42. The Morgan fingerprint density at radius 3 is 2.87 bits per heavy atom. The number of anilines is 1. The van der Waals surface area contributed by atoms with E-state index in [2.05, 4.69) is 10.0 Å². The number of halogens is 2. The number of nitrogens with zero attached hydrogens (tertiary/aromatic N) is 2. The van der Waals surface area contributed by atoms with Crippen molar-refractivity contribution in [3.63, 3.8) is 0 Å². The van der Waals surface area contributed by atoms with Gasteiger partial charge in [0.1, 0.15) is 11.5 Å². The number of sulfonamides is 1. The van der Waals surface area contributed by atoms with Crippen molar-refractivity contribution in [3.8, 4) is 11.8 Å². The van der Waals surface area contributed by atoms with Gasteiger partial charge in [-0.15, -0.1) is 0 Å². The SMILES string of the molecule is Cc1ccc(NC(=O)c2c3c(cn2C)S(=O)(=O)N[C@@H](CC=C(F)F)CO3)cc1C#N. The van der Waals surface area contributed by atoms with Gasteiger partial charge in [0.25, 0.3) is 12.0 Å². The lowest BCUT2D eigenvalue weighted by molar-refractivity contribution is 0.101. The van der Waals surface area contributed by atoms with Crippen molar-refractivity contribution in [2.24, 2.45) is 7.05 Å². The molecule has 0 radical (unpaired) electrons. The molecule has 0 saturated carbocycles. The molecule has 2 heterocycles. The fourth-order valence-electron chi connectivity index (χ4n) is 3.03. The van der Waals surface area contributed by atoms with Gasteiger partial charge in [-0.2, -0.15) is 14.0 Å². The number of aryl methyl sites for hydroxylation is 2. The summed E-state index contributed by atoms with van der Waals surface area (Å²) in [5.41, 5.74) is 1.43. The number of hydrogen-bond donors (Lipinski definition) is 2. The number of nitrogens with one attached hydrogen (secondary N) is 2. The highest BCUT2D eigenvalue weighted by Gasteiger charge is 2.34. The molecule has 158 valence electrons. The van der Waals surface area contributed by atoms with Crippen LogP contribution in [0.1, 0.15) is 28.0 Å². The molecule has 0 aliphatic carbocycles. The van der Waals surface area contributed by atoms with Gasteiger partial charge < -0.3 is 14.6 Å². The van der Waals surface area contributed by atoms with Crippen molar-refractivity contribution < 1.29 is 26.7 Å². The zero-order chi connectivity index (χ0) is 22.1. The van der Waals surface area contributed by atoms with Crippen molar-refractivity contribution in [2.45, 2.75) is 24.3 Å². The number of ether oxygens (including phenoxy) is 1. The van der Waals surface area contributed by atoms with Crippen LogP contribution in [0.3, 0.4) is 0 Å². The predicted molar refractivity (Wildman–Crippen MR) is 104 cm³/mol. The van der Waals surface area contributed by atoms with Crippen LogP contribution < -0.4 is 14.8 Å². The van der Waals surface area contributed by atoms with Gasteiger partial charge in [-0.3, -0.25) is 4.79 Å². The summed E-state index contributed by atoms with van der Waals surface area (Å²) in [4.78, 5) is 12.6. The Hall–Kier alpha value is -3.23. The van der Waals surface area contributed by atoms with Crippen LogP contribution in [0.2, 0.25) is 0 Å². The van der Waals surface area contributed by atoms with Gasteiger partial charge in [-0.05, 0) is 37.1 Å². The van der Waals surface area contributed by atoms with Gasteiger partial charge >= 0.3 is 0 Å². The molecular weight excluding hydrogens is 418 g/mol. The minimum atomic E-state index is -4.09. The molecule has 0 spiro atoms. The highest BCUT2D eigenvalue weighted by molar-refractivity contribution is 7.89. The Bertz CT molecular complexity index is 1180. The molecular formula is C19H18F2N4O4S. The highest BCUT2D eigenvalue weighted by Crippen LogP contribution is 2.33. The normalized spacial score (nSPS) is 17.1. The lowest BCUT2D eigenvalue weighted by Gasteiger charge is -2.14. The Balaban J connectivity index is 1.93. The monoisotopic (exact) mass is 436 g/mol. The average molecular weight is 436 g/mol. The predicted octanol–water partition coefficient (Wildman–Crippen LogP) is 2.67. The average Bonchev–Trinajstić information content (AvgIpc) is 2.96. The van der Waals surface area contributed by atoms with E-state index >= 15 is 0 Å². The van der Waals surface area contributed by atoms with Crippen LogP contribution in [0.25, 0.3) is 0 Å². The van der Waals surface area contributed by atoms with E-state index < -0.39 is 28.1 Å². The number of benzene rings is 1. The van der Waals surface area contributed by atoms with Crippen LogP contribution in [0, 0.1) is 18.3 Å². The van der Waals surface area contributed by atoms with Gasteiger partial charge in [-0.25, -0.2) is 13.1 Å². The van der Waals surface area contributed by atoms with Crippen LogP contribution in [0.15, 0.2) is 41.4 Å². The van der Waals surface area contributed by atoms with E-state index in [0.717, 1.165) is 5.56 Å². The van der Waals surface area contributed by atoms with E-state index in [9.17, 15) is 22.0 Å². The largest absolute Gasteiger partial charge is 0.488 e. The van der Waals surface area contributed by atoms with Crippen LogP contribution in [0.5, 0.6) is 5.75 Å². The summed E-state index contributed by atoms with van der Waals surface area (Å²) in [5.74, 6) is -0.808. The first-order valence-corrected chi connectivity index (χ1v) is 10.3. The van der Waals surface area contributed by atoms with Gasteiger partial charge in [0.15, 0.2) is 11.4 Å². The highest BCUT2D eigenvalue weighted by atomic mass is 32.2. The fourth-order valence-corrected chi connectivity index (χ4v) is 4.46. The molecule has 1 aliphatic rings. The van der Waals surface area contributed by atoms with E-state index in [1.165, 1.54) is 23.9 Å². The number of amides is 1. The second kappa shape index (κ2) is 8.25. The molecule has 1 aromatic heterocycles. The summed E-state index contributed by atoms with van der Waals surface area (Å²) in [6, 6.07) is 5.89. The van der Waals surface area contributed by atoms with Crippen LogP contribution in [0.4, 0.5) is 14.5 Å². The zero-order valence-electron chi connectivity index (χ0n) is 16.1. The van der Waals surface area contributed by atoms with Gasteiger partial charge in [0.2, 0.25) is 10.0 Å². The third-order valence-corrected chi connectivity index (χ3v) is 6.04. The summed E-state index contributed by atoms with van der Waals surface area (Å²) in [6.45, 7) is 1.52. The zero-order valence-corrected chi connectivity index (χ0v) is 16.9. The third kappa shape index (κ3) is 4.34. The molecule has 8 nitrogen and oxygen atoms in total. The van der Waals surface area contributed by atoms with Crippen LogP contribution >= 0.6 is 0 Å². The number of aromatic nitrogens is 1. The molecule has 1 atom stereocenters. The first kappa shape index (κ1) is 21.5. The smallest absolute Gasteiger partial charge is 0.276 e. The van der Waals surface area contributed by atoms with E-state index in [1.54, 1.807) is 19.1 Å². The maximum absolute atomic E-state index is 12.9. The molecule has 0 unspecified atom stereocenters. The summed E-state index contributed by atoms with van der Waals surface area (Å²) in [7, 11) is -2.61. The quantitative estimate of drug-likeness (QED) is 0.765.